The van der Waals surface area contributed by atoms with Crippen molar-refractivity contribution in [3.63, 3.8) is 0 Å². The number of pyridine rings is 1. The molecular weight excluding hydrogens is 193 g/mol. The second-order valence-corrected chi connectivity index (χ2v) is 2.71. The Morgan fingerprint density at radius 2 is 2.36 bits per heavy atom. The Morgan fingerprint density at radius 3 is 2.86 bits per heavy atom. The van der Waals surface area contributed by atoms with Crippen LogP contribution in [0, 0.1) is 0 Å². The van der Waals surface area contributed by atoms with Gasteiger partial charge in [0, 0.05) is 18.4 Å². The van der Waals surface area contributed by atoms with Crippen molar-refractivity contribution in [3.8, 4) is 0 Å². The van der Waals surface area contributed by atoms with Crippen LogP contribution in [0.25, 0.3) is 0 Å². The summed E-state index contributed by atoms with van der Waals surface area (Å²) in [6.45, 7) is 0. The van der Waals surface area contributed by atoms with Gasteiger partial charge in [0.15, 0.2) is 0 Å². The van der Waals surface area contributed by atoms with E-state index in [0.717, 1.165) is 0 Å². The van der Waals surface area contributed by atoms with Crippen LogP contribution in [0.4, 0.5) is 0 Å². The molecule has 0 radical (unpaired) electrons. The topological polar surface area (TPSA) is 73.2 Å². The van der Waals surface area contributed by atoms with Gasteiger partial charge in [-0.25, -0.2) is 0 Å². The molecule has 0 spiro atoms. The van der Waals surface area contributed by atoms with Crippen molar-refractivity contribution in [2.45, 2.75) is 18.9 Å². The average molecular weight is 203 g/mol. The van der Waals surface area contributed by atoms with E-state index >= 15 is 0 Å². The van der Waals surface area contributed by atoms with Gasteiger partial charge in [-0.3, -0.25) is 4.98 Å². The minimum absolute atomic E-state index is 0. The Morgan fingerprint density at radius 1 is 1.64 bits per heavy atom. The molecule has 1 atom stereocenters. The summed E-state index contributed by atoms with van der Waals surface area (Å²) in [7, 11) is 0. The first-order valence-electron chi connectivity index (χ1n) is 3.98. The molecule has 0 aliphatic carbocycles. The summed E-state index contributed by atoms with van der Waals surface area (Å²) >= 11 is 0. The van der Waals surface area contributed by atoms with Crippen LogP contribution >= 0.6 is 0 Å². The van der Waals surface area contributed by atoms with Gasteiger partial charge in [-0.05, 0) is 24.5 Å². The summed E-state index contributed by atoms with van der Waals surface area (Å²) in [4.78, 5) is 13.9. The molecule has 4 nitrogen and oxygen atoms in total. The number of nitrogens with zero attached hydrogens (tertiary/aromatic N) is 1. The predicted octanol–water partition coefficient (Wildman–Crippen LogP) is -3.35. The SMILES string of the molecule is O=C([O-])CCC(O)c1cccnc1.[Na+]. The van der Waals surface area contributed by atoms with Gasteiger partial charge < -0.3 is 15.0 Å². The second-order valence-electron chi connectivity index (χ2n) is 2.71. The summed E-state index contributed by atoms with van der Waals surface area (Å²) in [5.41, 5.74) is 0.628. The third kappa shape index (κ3) is 4.72. The van der Waals surface area contributed by atoms with E-state index in [2.05, 4.69) is 4.98 Å². The fourth-order valence-corrected chi connectivity index (χ4v) is 0.994. The summed E-state index contributed by atoms with van der Waals surface area (Å²) in [5.74, 6) is -1.15. The van der Waals surface area contributed by atoms with Crippen LogP contribution in [0.5, 0.6) is 0 Å². The third-order valence-corrected chi connectivity index (χ3v) is 1.69. The molecule has 0 bridgehead atoms. The molecule has 0 saturated carbocycles. The Labute approximate surface area is 104 Å². The van der Waals surface area contributed by atoms with E-state index in [1.165, 1.54) is 6.20 Å². The van der Waals surface area contributed by atoms with Gasteiger partial charge in [-0.15, -0.1) is 0 Å². The Kier molecular flexibility index (Phi) is 6.74. The summed E-state index contributed by atoms with van der Waals surface area (Å²) in [6, 6.07) is 3.39. The van der Waals surface area contributed by atoms with Crippen LogP contribution < -0.4 is 34.7 Å². The van der Waals surface area contributed by atoms with Crippen molar-refractivity contribution in [2.24, 2.45) is 0 Å². The monoisotopic (exact) mass is 203 g/mol. The molecule has 0 amide bonds. The maximum absolute atomic E-state index is 10.1. The predicted molar refractivity (Wildman–Crippen MR) is 43.4 cm³/mol. The number of carbonyl (C=O) groups excluding carboxylic acids is 1. The molecule has 70 valence electrons. The molecule has 0 aliphatic rings. The molecule has 1 aromatic heterocycles. The molecule has 0 aromatic carbocycles. The van der Waals surface area contributed by atoms with Crippen molar-refractivity contribution in [1.82, 2.24) is 4.98 Å². The fourth-order valence-electron chi connectivity index (χ4n) is 0.994. The number of aliphatic carboxylic acids is 1. The summed E-state index contributed by atoms with van der Waals surface area (Å²) in [5, 5.41) is 19.5. The largest absolute Gasteiger partial charge is 1.00 e. The van der Waals surface area contributed by atoms with Crippen LogP contribution in [0.3, 0.4) is 0 Å². The van der Waals surface area contributed by atoms with Crippen molar-refractivity contribution >= 4 is 5.97 Å². The Bertz CT molecular complexity index is 279. The fraction of sp³-hybridized carbons (Fsp3) is 0.333. The molecule has 0 fully saturated rings. The van der Waals surface area contributed by atoms with Gasteiger partial charge in [-0.2, -0.15) is 0 Å². The van der Waals surface area contributed by atoms with Crippen molar-refractivity contribution < 1.29 is 44.6 Å². The maximum Gasteiger partial charge on any atom is 1.00 e. The molecule has 1 unspecified atom stereocenters. The molecule has 14 heavy (non-hydrogen) atoms. The van der Waals surface area contributed by atoms with Crippen LogP contribution in [-0.2, 0) is 4.79 Å². The maximum atomic E-state index is 10.1. The van der Waals surface area contributed by atoms with Gasteiger partial charge in [0.1, 0.15) is 0 Å². The molecular formula is C9H10NNaO3. The zero-order valence-electron chi connectivity index (χ0n) is 8.01. The van der Waals surface area contributed by atoms with Crippen molar-refractivity contribution in [2.75, 3.05) is 0 Å². The molecule has 1 N–H and O–H groups in total. The number of aromatic nitrogens is 1. The van der Waals surface area contributed by atoms with Gasteiger partial charge >= 0.3 is 29.6 Å². The van der Waals surface area contributed by atoms with Crippen LogP contribution in [0.15, 0.2) is 24.5 Å². The van der Waals surface area contributed by atoms with E-state index in [9.17, 15) is 15.0 Å². The van der Waals surface area contributed by atoms with E-state index < -0.39 is 12.1 Å². The number of rotatable bonds is 4. The minimum Gasteiger partial charge on any atom is -0.550 e. The van der Waals surface area contributed by atoms with Gasteiger partial charge in [-0.1, -0.05) is 6.07 Å². The van der Waals surface area contributed by atoms with Gasteiger partial charge in [0.25, 0.3) is 0 Å². The van der Waals surface area contributed by atoms with E-state index in [1.54, 1.807) is 18.3 Å². The standard InChI is InChI=1S/C9H11NO3.Na/c11-8(3-4-9(12)13)7-2-1-5-10-6-7;/h1-2,5-6,8,11H,3-4H2,(H,12,13);/q;+1/p-1. The van der Waals surface area contributed by atoms with Crippen molar-refractivity contribution in [1.29, 1.82) is 0 Å². The molecule has 1 rings (SSSR count). The Hall–Kier alpha value is -0.420. The first kappa shape index (κ1) is 13.6. The zero-order valence-corrected chi connectivity index (χ0v) is 10.0. The van der Waals surface area contributed by atoms with Crippen LogP contribution in [-0.4, -0.2) is 16.1 Å². The minimum atomic E-state index is -1.15. The first-order valence-corrected chi connectivity index (χ1v) is 3.98. The molecule has 1 heterocycles. The number of aliphatic hydroxyl groups excluding tert-OH is 1. The molecule has 0 saturated heterocycles. The number of hydrogen-bond acceptors (Lipinski definition) is 4. The zero-order chi connectivity index (χ0) is 9.68. The Balaban J connectivity index is 0.00000169. The number of aliphatic hydroxyl groups is 1. The van der Waals surface area contributed by atoms with Crippen molar-refractivity contribution in [3.05, 3.63) is 30.1 Å². The normalized spacial score (nSPS) is 11.5. The van der Waals surface area contributed by atoms with E-state index in [0.29, 0.717) is 5.56 Å². The second kappa shape index (κ2) is 6.95. The third-order valence-electron chi connectivity index (χ3n) is 1.69. The quantitative estimate of drug-likeness (QED) is 0.519. The number of carboxylic acids is 1. The van der Waals surface area contributed by atoms with Crippen LogP contribution in [0.2, 0.25) is 0 Å². The van der Waals surface area contributed by atoms with Gasteiger partial charge in [0.2, 0.25) is 0 Å². The number of hydrogen-bond donors (Lipinski definition) is 1. The number of carboxylic acid groups (broad SMARTS) is 1. The molecule has 5 heteroatoms. The molecule has 1 aromatic rings. The average Bonchev–Trinajstić information content (AvgIpc) is 2.15. The van der Waals surface area contributed by atoms with Gasteiger partial charge in [0.05, 0.1) is 6.10 Å². The first-order chi connectivity index (χ1) is 6.20. The summed E-state index contributed by atoms with van der Waals surface area (Å²) in [6.07, 6.45) is 2.35. The van der Waals surface area contributed by atoms with E-state index in [-0.39, 0.29) is 42.4 Å². The number of carbonyl (C=O) groups is 1. The molecule has 0 aliphatic heterocycles. The van der Waals surface area contributed by atoms with Crippen LogP contribution in [0.1, 0.15) is 24.5 Å². The van der Waals surface area contributed by atoms with E-state index in [1.807, 2.05) is 0 Å². The van der Waals surface area contributed by atoms with E-state index in [4.69, 9.17) is 0 Å². The summed E-state index contributed by atoms with van der Waals surface area (Å²) < 4.78 is 0. The smallest absolute Gasteiger partial charge is 0.550 e.